The first-order valence-corrected chi connectivity index (χ1v) is 10.1. The lowest BCUT2D eigenvalue weighted by molar-refractivity contribution is -0.137. The Morgan fingerprint density at radius 2 is 2.06 bits per heavy atom. The van der Waals surface area contributed by atoms with Crippen LogP contribution >= 0.6 is 0 Å². The second-order valence-corrected chi connectivity index (χ2v) is 8.30. The Balaban J connectivity index is 0.00000289. The lowest BCUT2D eigenvalue weighted by atomic mass is 9.97. The highest BCUT2D eigenvalue weighted by Crippen LogP contribution is 2.38. The molecule has 2 N–H and O–H groups in total. The van der Waals surface area contributed by atoms with Crippen LogP contribution in [0.4, 0.5) is 19.0 Å². The summed E-state index contributed by atoms with van der Waals surface area (Å²) < 4.78 is 46.8. The standard InChI is InChI=1S/C21H25F3N6O.H2/c1-20(2,31-3)11-13-12-30(10-9-25-13)16-7-6-15(21(22,23)24)18(27-16)17-14-5-4-8-26-19(14)29-28-17;/h4-8,13,25H,9-12H2,1-3H3,(H,26,28,29);1H. The summed E-state index contributed by atoms with van der Waals surface area (Å²) in [7, 11) is 1.67. The van der Waals surface area contributed by atoms with Gasteiger partial charge in [0.25, 0.3) is 0 Å². The Morgan fingerprint density at radius 3 is 2.81 bits per heavy atom. The number of ether oxygens (including phenoxy) is 1. The summed E-state index contributed by atoms with van der Waals surface area (Å²) in [5, 5.41) is 10.7. The summed E-state index contributed by atoms with van der Waals surface area (Å²) in [6.45, 7) is 6.00. The number of alkyl halides is 3. The van der Waals surface area contributed by atoms with Crippen LogP contribution in [-0.2, 0) is 10.9 Å². The molecule has 1 aliphatic rings. The van der Waals surface area contributed by atoms with E-state index in [0.29, 0.717) is 36.5 Å². The fourth-order valence-electron chi connectivity index (χ4n) is 3.92. The highest BCUT2D eigenvalue weighted by molar-refractivity contribution is 5.90. The minimum atomic E-state index is -4.55. The number of halogens is 3. The van der Waals surface area contributed by atoms with Gasteiger partial charge in [0.05, 0.1) is 16.9 Å². The average Bonchev–Trinajstić information content (AvgIpc) is 3.17. The van der Waals surface area contributed by atoms with E-state index < -0.39 is 11.7 Å². The Labute approximate surface area is 179 Å². The highest BCUT2D eigenvalue weighted by atomic mass is 19.4. The van der Waals surface area contributed by atoms with Crippen LogP contribution in [0.1, 0.15) is 27.3 Å². The molecule has 4 rings (SSSR count). The van der Waals surface area contributed by atoms with E-state index in [9.17, 15) is 13.2 Å². The van der Waals surface area contributed by atoms with Crippen LogP contribution in [0.2, 0.25) is 0 Å². The SMILES string of the molecule is COC(C)(C)CC1CN(c2ccc(C(F)(F)F)c(-c3[nH]nc4ncccc34)n2)CCN1.[HH]. The lowest BCUT2D eigenvalue weighted by Crippen LogP contribution is -2.53. The van der Waals surface area contributed by atoms with E-state index >= 15 is 0 Å². The largest absolute Gasteiger partial charge is 0.418 e. The molecule has 10 heteroatoms. The zero-order valence-electron chi connectivity index (χ0n) is 17.6. The molecular formula is C21H27F3N6O. The van der Waals surface area contributed by atoms with Crippen molar-refractivity contribution in [2.24, 2.45) is 0 Å². The van der Waals surface area contributed by atoms with Gasteiger partial charge in [-0.05, 0) is 44.5 Å². The van der Waals surface area contributed by atoms with Gasteiger partial charge in [0.2, 0.25) is 0 Å². The van der Waals surface area contributed by atoms with Gasteiger partial charge in [-0.3, -0.25) is 5.10 Å². The van der Waals surface area contributed by atoms with E-state index in [1.807, 2.05) is 18.7 Å². The van der Waals surface area contributed by atoms with E-state index in [1.165, 1.54) is 6.07 Å². The van der Waals surface area contributed by atoms with Crippen LogP contribution in [0, 0.1) is 0 Å². The number of fused-ring (bicyclic) bond motifs is 1. The monoisotopic (exact) mass is 436 g/mol. The van der Waals surface area contributed by atoms with Gasteiger partial charge in [-0.1, -0.05) is 0 Å². The molecule has 0 radical (unpaired) electrons. The first kappa shape index (κ1) is 21.5. The van der Waals surface area contributed by atoms with Gasteiger partial charge in [0.1, 0.15) is 11.5 Å². The second-order valence-electron chi connectivity index (χ2n) is 8.30. The predicted octanol–water partition coefficient (Wildman–Crippen LogP) is 3.88. The Morgan fingerprint density at radius 1 is 1.26 bits per heavy atom. The Hall–Kier alpha value is -2.72. The van der Waals surface area contributed by atoms with Crippen molar-refractivity contribution < 1.29 is 19.3 Å². The number of hydrogen-bond donors (Lipinski definition) is 2. The average molecular weight is 436 g/mol. The highest BCUT2D eigenvalue weighted by Gasteiger charge is 2.36. The van der Waals surface area contributed by atoms with Crippen LogP contribution in [0.15, 0.2) is 30.5 Å². The fraction of sp³-hybridized carbons (Fsp3) is 0.476. The molecule has 0 aromatic carbocycles. The fourth-order valence-corrected chi connectivity index (χ4v) is 3.92. The topological polar surface area (TPSA) is 79.0 Å². The zero-order valence-corrected chi connectivity index (χ0v) is 17.6. The van der Waals surface area contributed by atoms with Gasteiger partial charge in [-0.15, -0.1) is 0 Å². The quantitative estimate of drug-likeness (QED) is 0.632. The van der Waals surface area contributed by atoms with Crippen LogP contribution < -0.4 is 10.2 Å². The number of anilines is 1. The third-order valence-electron chi connectivity index (χ3n) is 5.62. The van der Waals surface area contributed by atoms with Crippen molar-refractivity contribution in [3.05, 3.63) is 36.0 Å². The Kier molecular flexibility index (Phi) is 5.61. The normalized spacial score (nSPS) is 18.0. The number of hydrogen-bond acceptors (Lipinski definition) is 6. The van der Waals surface area contributed by atoms with Crippen molar-refractivity contribution >= 4 is 16.9 Å². The number of rotatable bonds is 5. The number of aromatic nitrogens is 4. The molecule has 1 saturated heterocycles. The van der Waals surface area contributed by atoms with Crippen molar-refractivity contribution in [2.45, 2.75) is 38.1 Å². The van der Waals surface area contributed by atoms with Crippen LogP contribution in [0.5, 0.6) is 0 Å². The zero-order chi connectivity index (χ0) is 22.2. The van der Waals surface area contributed by atoms with Gasteiger partial charge < -0.3 is 15.0 Å². The molecule has 1 fully saturated rings. The molecule has 168 valence electrons. The maximum Gasteiger partial charge on any atom is 0.418 e. The first-order valence-electron chi connectivity index (χ1n) is 10.1. The molecule has 3 aromatic rings. The summed E-state index contributed by atoms with van der Waals surface area (Å²) in [4.78, 5) is 10.6. The third kappa shape index (κ3) is 4.49. The van der Waals surface area contributed by atoms with Crippen molar-refractivity contribution in [2.75, 3.05) is 31.6 Å². The molecule has 3 aromatic heterocycles. The number of H-pyrrole nitrogens is 1. The van der Waals surface area contributed by atoms with Gasteiger partial charge in [0, 0.05) is 45.8 Å². The second kappa shape index (κ2) is 8.08. The minimum Gasteiger partial charge on any atom is -0.379 e. The van der Waals surface area contributed by atoms with Gasteiger partial charge in [0.15, 0.2) is 5.65 Å². The molecule has 0 amide bonds. The molecule has 7 nitrogen and oxygen atoms in total. The summed E-state index contributed by atoms with van der Waals surface area (Å²) >= 11 is 0. The summed E-state index contributed by atoms with van der Waals surface area (Å²) in [5.74, 6) is 0.497. The number of piperazine rings is 1. The van der Waals surface area contributed by atoms with E-state index in [4.69, 9.17) is 4.74 Å². The van der Waals surface area contributed by atoms with E-state index in [1.54, 1.807) is 25.4 Å². The van der Waals surface area contributed by atoms with Crippen molar-refractivity contribution in [3.8, 4) is 11.4 Å². The predicted molar refractivity (Wildman–Crippen MR) is 114 cm³/mol. The molecule has 1 aliphatic heterocycles. The number of nitrogens with zero attached hydrogens (tertiary/aromatic N) is 4. The molecule has 0 aliphatic carbocycles. The van der Waals surface area contributed by atoms with Gasteiger partial charge in [-0.2, -0.15) is 18.3 Å². The van der Waals surface area contributed by atoms with Crippen LogP contribution in [0.3, 0.4) is 0 Å². The molecular weight excluding hydrogens is 409 g/mol. The molecule has 0 bridgehead atoms. The number of methoxy groups -OCH3 is 1. The molecule has 1 unspecified atom stereocenters. The lowest BCUT2D eigenvalue weighted by Gasteiger charge is -2.38. The van der Waals surface area contributed by atoms with E-state index in [-0.39, 0.29) is 24.5 Å². The van der Waals surface area contributed by atoms with Crippen molar-refractivity contribution in [3.63, 3.8) is 0 Å². The summed E-state index contributed by atoms with van der Waals surface area (Å²) in [5.41, 5.74) is -0.724. The number of aromatic amines is 1. The number of nitrogens with one attached hydrogen (secondary N) is 2. The maximum atomic E-state index is 13.8. The summed E-state index contributed by atoms with van der Waals surface area (Å²) in [6.07, 6.45) is -2.23. The molecule has 4 heterocycles. The van der Waals surface area contributed by atoms with Crippen molar-refractivity contribution in [1.82, 2.24) is 25.5 Å². The summed E-state index contributed by atoms with van der Waals surface area (Å²) in [6, 6.07) is 6.01. The maximum absolute atomic E-state index is 13.8. The number of pyridine rings is 2. The smallest absolute Gasteiger partial charge is 0.379 e. The molecule has 0 spiro atoms. The van der Waals surface area contributed by atoms with Crippen LogP contribution in [0.25, 0.3) is 22.4 Å². The minimum absolute atomic E-state index is 0. The van der Waals surface area contributed by atoms with Crippen LogP contribution in [-0.4, -0.2) is 58.6 Å². The van der Waals surface area contributed by atoms with Gasteiger partial charge >= 0.3 is 6.18 Å². The van der Waals surface area contributed by atoms with E-state index in [2.05, 4.69) is 25.5 Å². The first-order chi connectivity index (χ1) is 14.7. The molecule has 1 atom stereocenters. The Bertz CT molecular complexity index is 1070. The molecule has 31 heavy (non-hydrogen) atoms. The van der Waals surface area contributed by atoms with E-state index in [0.717, 1.165) is 12.5 Å². The molecule has 0 saturated carbocycles. The van der Waals surface area contributed by atoms with Crippen molar-refractivity contribution in [1.29, 1.82) is 0 Å². The third-order valence-corrected chi connectivity index (χ3v) is 5.62. The van der Waals surface area contributed by atoms with Gasteiger partial charge in [-0.25, -0.2) is 9.97 Å².